The highest BCUT2D eigenvalue weighted by molar-refractivity contribution is 7.27. The predicted molar refractivity (Wildman–Crippen MR) is 72.2 cm³/mol. The Bertz CT molecular complexity index is 336. The number of thiazole rings is 1. The van der Waals surface area contributed by atoms with Crippen LogP contribution in [0.5, 0.6) is 0 Å². The predicted octanol–water partition coefficient (Wildman–Crippen LogP) is 5.17. The van der Waals surface area contributed by atoms with Crippen LogP contribution in [0.25, 0.3) is 9.53 Å². The van der Waals surface area contributed by atoms with E-state index in [1.54, 1.807) is 22.7 Å². The zero-order chi connectivity index (χ0) is 11.3. The summed E-state index contributed by atoms with van der Waals surface area (Å²) in [5, 5.41) is 1.17. The van der Waals surface area contributed by atoms with Crippen molar-refractivity contribution in [3.63, 3.8) is 0 Å². The minimum absolute atomic E-state index is 1.17. The summed E-state index contributed by atoms with van der Waals surface area (Å²) >= 11 is 3.54. The molecule has 0 amide bonds. The lowest BCUT2D eigenvalue weighted by Crippen LogP contribution is -1.60. The molecule has 0 aliphatic carbocycles. The first-order valence-corrected chi connectivity index (χ1v) is 7.14. The average molecular weight is 241 g/mol. The maximum absolute atomic E-state index is 4.37. The summed E-state index contributed by atoms with van der Waals surface area (Å²) < 4.78 is 1.33. The van der Waals surface area contributed by atoms with Gasteiger partial charge in [0.2, 0.25) is 0 Å². The molecule has 0 unspecified atom stereocenters. The quantitative estimate of drug-likeness (QED) is 0.706. The van der Waals surface area contributed by atoms with Crippen molar-refractivity contribution in [1.82, 2.24) is 4.98 Å². The molecule has 1 nitrogen and oxygen atoms in total. The summed E-state index contributed by atoms with van der Waals surface area (Å²) in [6.07, 6.45) is 4.08. The van der Waals surface area contributed by atoms with Gasteiger partial charge < -0.3 is 0 Å². The molecule has 0 fully saturated rings. The topological polar surface area (TPSA) is 12.9 Å². The lowest BCUT2D eigenvalue weighted by molar-refractivity contribution is 0.772. The minimum Gasteiger partial charge on any atom is -0.231 e. The lowest BCUT2D eigenvalue weighted by atomic mass is 10.3. The van der Waals surface area contributed by atoms with Crippen molar-refractivity contribution in [2.75, 3.05) is 0 Å². The molecule has 0 bridgehead atoms. The van der Waals surface area contributed by atoms with Crippen molar-refractivity contribution in [1.29, 1.82) is 0 Å². The fourth-order valence-electron chi connectivity index (χ4n) is 1.31. The molecule has 3 heteroatoms. The Morgan fingerprint density at radius 1 is 1.13 bits per heavy atom. The van der Waals surface area contributed by atoms with Crippen LogP contribution in [-0.4, -0.2) is 4.98 Å². The van der Waals surface area contributed by atoms with Crippen molar-refractivity contribution in [2.45, 2.75) is 47.0 Å². The first-order valence-electron chi connectivity index (χ1n) is 5.51. The lowest BCUT2D eigenvalue weighted by Gasteiger charge is -1.79. The molecular formula is C12H19NS2. The van der Waals surface area contributed by atoms with E-state index in [4.69, 9.17) is 0 Å². The molecule has 0 radical (unpaired) electrons. The van der Waals surface area contributed by atoms with Crippen LogP contribution < -0.4 is 0 Å². The Kier molecular flexibility index (Phi) is 5.26. The highest BCUT2D eigenvalue weighted by atomic mass is 32.1. The number of nitrogens with zero attached hydrogens (tertiary/aromatic N) is 1. The molecule has 84 valence electrons. The Labute approximate surface area is 100 Å². The average Bonchev–Trinajstić information content (AvgIpc) is 2.62. The maximum Gasteiger partial charge on any atom is 0.134 e. The van der Waals surface area contributed by atoms with Gasteiger partial charge >= 0.3 is 0 Å². The highest BCUT2D eigenvalue weighted by Crippen LogP contribution is 2.28. The monoisotopic (exact) mass is 241 g/mol. The van der Waals surface area contributed by atoms with Gasteiger partial charge in [-0.05, 0) is 19.9 Å². The van der Waals surface area contributed by atoms with E-state index in [0.717, 1.165) is 0 Å². The molecule has 0 aliphatic rings. The number of hydrogen-bond acceptors (Lipinski definition) is 3. The van der Waals surface area contributed by atoms with E-state index in [2.05, 4.69) is 31.8 Å². The smallest absolute Gasteiger partial charge is 0.134 e. The van der Waals surface area contributed by atoms with Crippen LogP contribution in [-0.2, 0) is 0 Å². The van der Waals surface area contributed by atoms with Gasteiger partial charge in [-0.1, -0.05) is 33.1 Å². The second-order valence-corrected chi connectivity index (χ2v) is 6.08. The third kappa shape index (κ3) is 3.92. The summed E-state index contributed by atoms with van der Waals surface area (Å²) in [7, 11) is 0. The number of thiophene rings is 1. The van der Waals surface area contributed by atoms with Crippen LogP contribution in [0.1, 0.15) is 43.0 Å². The molecule has 2 heterocycles. The Balaban J connectivity index is 0.000000195. The second-order valence-electron chi connectivity index (χ2n) is 3.61. The van der Waals surface area contributed by atoms with Crippen LogP contribution in [0, 0.1) is 13.8 Å². The summed E-state index contributed by atoms with van der Waals surface area (Å²) in [5.41, 5.74) is 0. The van der Waals surface area contributed by atoms with Gasteiger partial charge in [0.05, 0.1) is 9.71 Å². The van der Waals surface area contributed by atoms with Gasteiger partial charge in [0, 0.05) is 4.88 Å². The van der Waals surface area contributed by atoms with E-state index in [0.29, 0.717) is 0 Å². The Morgan fingerprint density at radius 3 is 2.27 bits per heavy atom. The second kappa shape index (κ2) is 6.23. The third-order valence-corrected chi connectivity index (χ3v) is 4.02. The first-order chi connectivity index (χ1) is 7.17. The van der Waals surface area contributed by atoms with Gasteiger partial charge in [0.1, 0.15) is 4.83 Å². The van der Waals surface area contributed by atoms with E-state index in [-0.39, 0.29) is 0 Å². The molecular weight excluding hydrogens is 222 g/mol. The van der Waals surface area contributed by atoms with Crippen molar-refractivity contribution in [2.24, 2.45) is 0 Å². The van der Waals surface area contributed by atoms with E-state index in [1.165, 1.54) is 38.7 Å². The fraction of sp³-hybridized carbons (Fsp3) is 0.583. The van der Waals surface area contributed by atoms with Gasteiger partial charge in [-0.3, -0.25) is 0 Å². The molecule has 2 aromatic heterocycles. The van der Waals surface area contributed by atoms with Crippen molar-refractivity contribution >= 4 is 32.2 Å². The summed E-state index contributed by atoms with van der Waals surface area (Å²) in [4.78, 5) is 6.92. The first kappa shape index (κ1) is 12.7. The molecule has 0 saturated carbocycles. The van der Waals surface area contributed by atoms with Gasteiger partial charge in [0.15, 0.2) is 0 Å². The van der Waals surface area contributed by atoms with Gasteiger partial charge in [-0.2, -0.15) is 0 Å². The van der Waals surface area contributed by atoms with Crippen LogP contribution in [0.2, 0.25) is 0 Å². The van der Waals surface area contributed by atoms with Gasteiger partial charge in [-0.15, -0.1) is 22.7 Å². The molecule has 0 N–H and O–H groups in total. The van der Waals surface area contributed by atoms with Crippen molar-refractivity contribution in [3.8, 4) is 0 Å². The van der Waals surface area contributed by atoms with Crippen molar-refractivity contribution < 1.29 is 0 Å². The van der Waals surface area contributed by atoms with Crippen LogP contribution in [0.3, 0.4) is 0 Å². The van der Waals surface area contributed by atoms with Crippen molar-refractivity contribution in [3.05, 3.63) is 16.0 Å². The van der Waals surface area contributed by atoms with Crippen LogP contribution >= 0.6 is 22.7 Å². The molecule has 0 aliphatic heterocycles. The van der Waals surface area contributed by atoms with E-state index in [9.17, 15) is 0 Å². The molecule has 2 rings (SSSR count). The number of aryl methyl sites for hydroxylation is 2. The number of hydrogen-bond donors (Lipinski definition) is 0. The third-order valence-electron chi connectivity index (χ3n) is 2.03. The fourth-order valence-corrected chi connectivity index (χ4v) is 3.34. The normalized spacial score (nSPS) is 10.1. The van der Waals surface area contributed by atoms with Gasteiger partial charge in [-0.25, -0.2) is 4.98 Å². The molecule has 0 spiro atoms. The minimum atomic E-state index is 1.17. The van der Waals surface area contributed by atoms with E-state index >= 15 is 0 Å². The summed E-state index contributed by atoms with van der Waals surface area (Å²) in [6.45, 7) is 8.59. The molecule has 2 aromatic rings. The summed E-state index contributed by atoms with van der Waals surface area (Å²) in [6, 6.07) is 2.20. The zero-order valence-electron chi connectivity index (χ0n) is 9.96. The Morgan fingerprint density at radius 2 is 1.80 bits per heavy atom. The highest BCUT2D eigenvalue weighted by Gasteiger charge is 2.01. The molecule has 15 heavy (non-hydrogen) atoms. The van der Waals surface area contributed by atoms with E-state index < -0.39 is 0 Å². The maximum atomic E-state index is 4.37. The van der Waals surface area contributed by atoms with Crippen LogP contribution in [0.4, 0.5) is 0 Å². The standard InChI is InChI=1S/C7H7NS2.C5H12/c1-4-3-6-7(9-4)8-5(2)10-6;1-3-5-4-2/h3H,1-2H3;3-5H2,1-2H3. The summed E-state index contributed by atoms with van der Waals surface area (Å²) in [5.74, 6) is 0. The number of unbranched alkanes of at least 4 members (excludes halogenated alkanes) is 2. The largest absolute Gasteiger partial charge is 0.231 e. The zero-order valence-corrected chi connectivity index (χ0v) is 11.6. The van der Waals surface area contributed by atoms with E-state index in [1.807, 2.05) is 6.92 Å². The van der Waals surface area contributed by atoms with Gasteiger partial charge in [0.25, 0.3) is 0 Å². The van der Waals surface area contributed by atoms with Crippen LogP contribution in [0.15, 0.2) is 6.07 Å². The Hall–Kier alpha value is -0.410. The number of rotatable bonds is 2. The SMILES string of the molecule is CCCCC.Cc1cc2sc(C)nc2s1. The number of aromatic nitrogens is 1. The number of fused-ring (bicyclic) bond motifs is 1. The molecule has 0 aromatic carbocycles. The molecule has 0 atom stereocenters. The molecule has 0 saturated heterocycles.